The molecule has 2 aliphatic rings. The maximum Gasteiger partial charge on any atom is 0.173 e. The van der Waals surface area contributed by atoms with Gasteiger partial charge in [-0.1, -0.05) is 35.9 Å². The van der Waals surface area contributed by atoms with Crippen molar-refractivity contribution in [3.05, 3.63) is 76.0 Å². The number of allylic oxidation sites excluding steroid dienone is 1. The molecule has 1 heterocycles. The second-order valence-corrected chi connectivity index (χ2v) is 8.08. The molecule has 0 fully saturated rings. The number of Topliss-reactive ketones (excluding diaryl/α,β-unsaturated/α-hetero) is 1. The number of nitrogens with zero attached hydrogens (tertiary/aromatic N) is 1. The van der Waals surface area contributed by atoms with Crippen LogP contribution < -0.4 is 10.1 Å². The zero-order chi connectivity index (χ0) is 20.4. The number of hydrogen-bond acceptors (Lipinski definition) is 3. The molecular formula is C23H23ClN2O2S. The summed E-state index contributed by atoms with van der Waals surface area (Å²) in [5, 5.41) is 4.74. The predicted molar refractivity (Wildman–Crippen MR) is 119 cm³/mol. The fourth-order valence-electron chi connectivity index (χ4n) is 4.01. The Bertz CT molecular complexity index is 988. The number of carbonyl (C=O) groups excluding carboxylic acids is 1. The van der Waals surface area contributed by atoms with Gasteiger partial charge >= 0.3 is 0 Å². The van der Waals surface area contributed by atoms with Crippen molar-refractivity contribution in [2.75, 3.05) is 6.54 Å². The van der Waals surface area contributed by atoms with Crippen molar-refractivity contribution in [1.29, 1.82) is 0 Å². The molecule has 0 amide bonds. The summed E-state index contributed by atoms with van der Waals surface area (Å²) in [7, 11) is 0. The number of halogens is 1. The van der Waals surface area contributed by atoms with Gasteiger partial charge in [-0.2, -0.15) is 0 Å². The highest BCUT2D eigenvalue weighted by Crippen LogP contribution is 2.38. The van der Waals surface area contributed by atoms with Crippen LogP contribution in [0, 0.1) is 0 Å². The molecule has 0 spiro atoms. The third-order valence-electron chi connectivity index (χ3n) is 5.36. The van der Waals surface area contributed by atoms with Crippen molar-refractivity contribution in [2.45, 2.75) is 38.8 Å². The van der Waals surface area contributed by atoms with E-state index in [1.54, 1.807) is 0 Å². The van der Waals surface area contributed by atoms with Crippen molar-refractivity contribution < 1.29 is 9.53 Å². The molecule has 4 rings (SSSR count). The van der Waals surface area contributed by atoms with Crippen LogP contribution in [0.3, 0.4) is 0 Å². The molecule has 4 nitrogen and oxygen atoms in total. The molecule has 1 atom stereocenters. The van der Waals surface area contributed by atoms with Gasteiger partial charge in [0, 0.05) is 29.3 Å². The van der Waals surface area contributed by atoms with Gasteiger partial charge in [-0.3, -0.25) is 4.79 Å². The van der Waals surface area contributed by atoms with Crippen molar-refractivity contribution in [3.63, 3.8) is 0 Å². The smallest absolute Gasteiger partial charge is 0.173 e. The minimum atomic E-state index is -0.234. The lowest BCUT2D eigenvalue weighted by Crippen LogP contribution is -2.49. The van der Waals surface area contributed by atoms with E-state index in [0.717, 1.165) is 47.5 Å². The van der Waals surface area contributed by atoms with Crippen LogP contribution in [0.5, 0.6) is 5.75 Å². The molecule has 150 valence electrons. The summed E-state index contributed by atoms with van der Waals surface area (Å²) in [6.45, 7) is 3.24. The maximum absolute atomic E-state index is 12.8. The quantitative estimate of drug-likeness (QED) is 0.667. The molecule has 1 unspecified atom stereocenters. The Balaban J connectivity index is 1.61. The minimum absolute atomic E-state index is 0.204. The van der Waals surface area contributed by atoms with Crippen LogP contribution in [0.4, 0.5) is 0 Å². The second kappa shape index (κ2) is 8.56. The zero-order valence-electron chi connectivity index (χ0n) is 16.3. The number of hydrogen-bond donors (Lipinski definition) is 1. The van der Waals surface area contributed by atoms with E-state index in [1.807, 2.05) is 48.5 Å². The van der Waals surface area contributed by atoms with Gasteiger partial charge in [0.05, 0.1) is 6.04 Å². The Labute approximate surface area is 181 Å². The summed E-state index contributed by atoms with van der Waals surface area (Å²) >= 11 is 11.6. The van der Waals surface area contributed by atoms with Gasteiger partial charge in [-0.15, -0.1) is 0 Å². The van der Waals surface area contributed by atoms with Crippen LogP contribution in [0.25, 0.3) is 0 Å². The Hall–Kier alpha value is -2.37. The SMILES string of the molecule is CCN1C(=S)NC(c2cccc(OCc3cccc(Cl)c3)c2)C2=C1CCCC2=O. The van der Waals surface area contributed by atoms with Crippen LogP contribution in [0.2, 0.25) is 5.02 Å². The second-order valence-electron chi connectivity index (χ2n) is 7.25. The van der Waals surface area contributed by atoms with Gasteiger partial charge in [0.15, 0.2) is 10.9 Å². The minimum Gasteiger partial charge on any atom is -0.489 e. The molecule has 2 aromatic carbocycles. The molecule has 0 bridgehead atoms. The van der Waals surface area contributed by atoms with Crippen molar-refractivity contribution in [3.8, 4) is 5.75 Å². The van der Waals surface area contributed by atoms with E-state index in [2.05, 4.69) is 17.1 Å². The molecule has 1 aliphatic carbocycles. The Morgan fingerprint density at radius 2 is 2.03 bits per heavy atom. The topological polar surface area (TPSA) is 41.6 Å². The average molecular weight is 427 g/mol. The first-order valence-corrected chi connectivity index (χ1v) is 10.7. The van der Waals surface area contributed by atoms with Gasteiger partial charge in [0.25, 0.3) is 0 Å². The lowest BCUT2D eigenvalue weighted by atomic mass is 9.85. The lowest BCUT2D eigenvalue weighted by molar-refractivity contribution is -0.116. The third-order valence-corrected chi connectivity index (χ3v) is 5.93. The first kappa shape index (κ1) is 19.9. The van der Waals surface area contributed by atoms with E-state index in [0.29, 0.717) is 23.2 Å². The van der Waals surface area contributed by atoms with Crippen LogP contribution >= 0.6 is 23.8 Å². The molecule has 1 aliphatic heterocycles. The fourth-order valence-corrected chi connectivity index (χ4v) is 4.58. The standard InChI is InChI=1S/C23H23ClN2O2S/c1-2-26-19-10-5-11-20(27)21(19)22(25-23(26)29)16-7-4-9-18(13-16)28-14-15-6-3-8-17(24)12-15/h3-4,6-9,12-13,22H,2,5,10-11,14H2,1H3,(H,25,29). The highest BCUT2D eigenvalue weighted by atomic mass is 35.5. The van der Waals surface area contributed by atoms with Gasteiger partial charge in [0.2, 0.25) is 0 Å². The van der Waals surface area contributed by atoms with Crippen molar-refractivity contribution >= 4 is 34.7 Å². The molecule has 2 aromatic rings. The summed E-state index contributed by atoms with van der Waals surface area (Å²) < 4.78 is 5.98. The normalized spacial score (nSPS) is 19.1. The fraction of sp³-hybridized carbons (Fsp3) is 0.304. The number of rotatable bonds is 5. The summed E-state index contributed by atoms with van der Waals surface area (Å²) in [6.07, 6.45) is 2.36. The first-order chi connectivity index (χ1) is 14.1. The molecular weight excluding hydrogens is 404 g/mol. The third kappa shape index (κ3) is 4.16. The molecule has 29 heavy (non-hydrogen) atoms. The number of ether oxygens (including phenoxy) is 1. The predicted octanol–water partition coefficient (Wildman–Crippen LogP) is 5.18. The lowest BCUT2D eigenvalue weighted by Gasteiger charge is -2.40. The number of ketones is 1. The zero-order valence-corrected chi connectivity index (χ0v) is 17.9. The van der Waals surface area contributed by atoms with E-state index in [9.17, 15) is 4.79 Å². The molecule has 0 aromatic heterocycles. The molecule has 0 radical (unpaired) electrons. The monoisotopic (exact) mass is 426 g/mol. The number of thiocarbonyl (C=S) groups is 1. The van der Waals surface area contributed by atoms with E-state index < -0.39 is 0 Å². The van der Waals surface area contributed by atoms with E-state index in [-0.39, 0.29) is 11.8 Å². The Kier molecular flexibility index (Phi) is 5.88. The number of carbonyl (C=O) groups is 1. The van der Waals surface area contributed by atoms with E-state index in [4.69, 9.17) is 28.6 Å². The van der Waals surface area contributed by atoms with Crippen LogP contribution in [-0.2, 0) is 11.4 Å². The highest BCUT2D eigenvalue weighted by Gasteiger charge is 2.36. The first-order valence-electron chi connectivity index (χ1n) is 9.88. The van der Waals surface area contributed by atoms with Gasteiger partial charge in [0.1, 0.15) is 12.4 Å². The van der Waals surface area contributed by atoms with Gasteiger partial charge in [-0.25, -0.2) is 0 Å². The van der Waals surface area contributed by atoms with E-state index >= 15 is 0 Å². The summed E-state index contributed by atoms with van der Waals surface area (Å²) in [5.74, 6) is 0.952. The molecule has 0 saturated heterocycles. The maximum atomic E-state index is 12.8. The largest absolute Gasteiger partial charge is 0.489 e. The molecule has 1 N–H and O–H groups in total. The van der Waals surface area contributed by atoms with Crippen LogP contribution in [0.15, 0.2) is 59.8 Å². The van der Waals surface area contributed by atoms with Crippen molar-refractivity contribution in [1.82, 2.24) is 10.2 Å². The molecule has 0 saturated carbocycles. The summed E-state index contributed by atoms with van der Waals surface area (Å²) in [4.78, 5) is 14.8. The van der Waals surface area contributed by atoms with E-state index in [1.165, 1.54) is 0 Å². The summed E-state index contributed by atoms with van der Waals surface area (Å²) in [6, 6.07) is 15.3. The van der Waals surface area contributed by atoms with Crippen LogP contribution in [0.1, 0.15) is 43.4 Å². The van der Waals surface area contributed by atoms with Crippen molar-refractivity contribution in [2.24, 2.45) is 0 Å². The number of benzene rings is 2. The average Bonchev–Trinajstić information content (AvgIpc) is 2.72. The number of nitrogens with one attached hydrogen (secondary N) is 1. The molecule has 6 heteroatoms. The Morgan fingerprint density at radius 1 is 1.21 bits per heavy atom. The van der Waals surface area contributed by atoms with Crippen LogP contribution in [-0.4, -0.2) is 22.3 Å². The highest BCUT2D eigenvalue weighted by molar-refractivity contribution is 7.80. The van der Waals surface area contributed by atoms with Gasteiger partial charge < -0.3 is 15.0 Å². The Morgan fingerprint density at radius 3 is 2.83 bits per heavy atom. The van der Waals surface area contributed by atoms with Gasteiger partial charge in [-0.05, 0) is 67.4 Å². The summed E-state index contributed by atoms with van der Waals surface area (Å²) in [5.41, 5.74) is 3.90.